The van der Waals surface area contributed by atoms with Crippen molar-refractivity contribution < 1.29 is 18.9 Å². The fraction of sp³-hybridized carbons (Fsp3) is 0.388. The van der Waals surface area contributed by atoms with Crippen molar-refractivity contribution in [2.75, 3.05) is 45.9 Å². The van der Waals surface area contributed by atoms with Gasteiger partial charge in [0.2, 0.25) is 0 Å². The van der Waals surface area contributed by atoms with Crippen molar-refractivity contribution in [1.82, 2.24) is 4.90 Å². The van der Waals surface area contributed by atoms with Crippen molar-refractivity contribution in [2.45, 2.75) is 85.4 Å². The van der Waals surface area contributed by atoms with Crippen LogP contribution in [0.25, 0.3) is 22.3 Å². The number of likely N-dealkylation sites (tertiary alicyclic amines) is 1. The first-order chi connectivity index (χ1) is 26.7. The van der Waals surface area contributed by atoms with Gasteiger partial charge in [-0.25, -0.2) is 0 Å². The molecule has 0 amide bonds. The second-order valence-corrected chi connectivity index (χ2v) is 15.1. The third kappa shape index (κ3) is 9.48. The first-order valence-electron chi connectivity index (χ1n) is 20.1. The van der Waals surface area contributed by atoms with E-state index >= 15 is 0 Å². The van der Waals surface area contributed by atoms with E-state index in [4.69, 9.17) is 18.9 Å². The lowest BCUT2D eigenvalue weighted by molar-refractivity contribution is 0.201. The second-order valence-electron chi connectivity index (χ2n) is 15.1. The molecule has 6 rings (SSSR count). The molecule has 0 bridgehead atoms. The van der Waals surface area contributed by atoms with E-state index in [9.17, 15) is 0 Å². The fourth-order valence-electron chi connectivity index (χ4n) is 8.23. The molecular formula is C49H60N2O4. The Morgan fingerprint density at radius 1 is 0.709 bits per heavy atom. The zero-order valence-corrected chi connectivity index (χ0v) is 34.3. The minimum absolute atomic E-state index is 0.413. The van der Waals surface area contributed by atoms with Gasteiger partial charge in [-0.3, -0.25) is 4.90 Å². The SMILES string of the molecule is CCCc1cc(-c2cccc(CN(c3ccc(OCC)cc3)C3CCN(Cc4cccc(-c5cc(OC)c(C)c(C(C)C)c5)c4)CC3)c2)cc(OC)c1OC. The molecule has 0 N–H and O–H groups in total. The summed E-state index contributed by atoms with van der Waals surface area (Å²) in [6, 6.07) is 36.0. The lowest BCUT2D eigenvalue weighted by atomic mass is 9.92. The number of methoxy groups -OCH3 is 3. The number of hydrogen-bond acceptors (Lipinski definition) is 6. The normalized spacial score (nSPS) is 13.5. The van der Waals surface area contributed by atoms with Gasteiger partial charge in [0.05, 0.1) is 27.9 Å². The number of hydrogen-bond donors (Lipinski definition) is 0. The molecular weight excluding hydrogens is 681 g/mol. The number of piperidine rings is 1. The van der Waals surface area contributed by atoms with Gasteiger partial charge in [-0.2, -0.15) is 0 Å². The highest BCUT2D eigenvalue weighted by Gasteiger charge is 2.26. The molecule has 1 aliphatic heterocycles. The lowest BCUT2D eigenvalue weighted by Gasteiger charge is -2.40. The fourth-order valence-corrected chi connectivity index (χ4v) is 8.23. The van der Waals surface area contributed by atoms with Crippen molar-refractivity contribution >= 4 is 5.69 Å². The number of nitrogens with zero attached hydrogens (tertiary/aromatic N) is 2. The van der Waals surface area contributed by atoms with Crippen LogP contribution in [-0.2, 0) is 19.5 Å². The third-order valence-corrected chi connectivity index (χ3v) is 11.1. The zero-order chi connectivity index (χ0) is 38.9. The summed E-state index contributed by atoms with van der Waals surface area (Å²) in [5.41, 5.74) is 12.4. The minimum atomic E-state index is 0.413. The van der Waals surface area contributed by atoms with Gasteiger partial charge >= 0.3 is 0 Å². The molecule has 55 heavy (non-hydrogen) atoms. The van der Waals surface area contributed by atoms with Crippen LogP contribution in [0.2, 0.25) is 0 Å². The Labute approximate surface area is 330 Å². The summed E-state index contributed by atoms with van der Waals surface area (Å²) in [6.45, 7) is 15.4. The van der Waals surface area contributed by atoms with Crippen molar-refractivity contribution in [2.24, 2.45) is 0 Å². The summed E-state index contributed by atoms with van der Waals surface area (Å²) in [7, 11) is 5.21. The molecule has 0 saturated carbocycles. The van der Waals surface area contributed by atoms with E-state index in [2.05, 4.69) is 135 Å². The van der Waals surface area contributed by atoms with Gasteiger partial charge in [0.1, 0.15) is 11.5 Å². The summed E-state index contributed by atoms with van der Waals surface area (Å²) < 4.78 is 23.2. The van der Waals surface area contributed by atoms with Crippen LogP contribution in [0.3, 0.4) is 0 Å². The highest BCUT2D eigenvalue weighted by molar-refractivity contribution is 5.71. The monoisotopic (exact) mass is 740 g/mol. The Kier molecular flexibility index (Phi) is 13.4. The van der Waals surface area contributed by atoms with Crippen LogP contribution in [0.5, 0.6) is 23.0 Å². The van der Waals surface area contributed by atoms with Crippen LogP contribution in [0.15, 0.2) is 97.1 Å². The van der Waals surface area contributed by atoms with E-state index in [-0.39, 0.29) is 0 Å². The average molecular weight is 741 g/mol. The standard InChI is InChI=1S/C49H60N2O4/c1-9-13-40-28-41(31-48(53-7)49(40)54-8)38-16-12-15-37(27-38)33-51(43-18-20-45(21-19-43)55-10-2)44-22-24-50(25-23-44)32-36-14-11-17-39(26-36)42-29-46(34(3)4)35(5)47(30-42)52-6/h11-12,14-21,26-31,34,44H,9-10,13,22-25,32-33H2,1-8H3. The molecule has 0 aromatic heterocycles. The quantitative estimate of drug-likeness (QED) is 0.100. The van der Waals surface area contributed by atoms with E-state index in [1.54, 1.807) is 21.3 Å². The number of anilines is 1. The van der Waals surface area contributed by atoms with E-state index in [0.717, 1.165) is 80.4 Å². The molecule has 290 valence electrons. The second kappa shape index (κ2) is 18.6. The Hall–Kier alpha value is -4.94. The molecule has 5 aromatic rings. The van der Waals surface area contributed by atoms with Gasteiger partial charge < -0.3 is 23.8 Å². The van der Waals surface area contributed by atoms with Crippen molar-refractivity contribution in [3.8, 4) is 45.3 Å². The molecule has 0 spiro atoms. The molecule has 0 radical (unpaired) electrons. The summed E-state index contributed by atoms with van der Waals surface area (Å²) in [6.07, 6.45) is 4.16. The van der Waals surface area contributed by atoms with Crippen LogP contribution in [0.4, 0.5) is 5.69 Å². The molecule has 0 unspecified atom stereocenters. The van der Waals surface area contributed by atoms with E-state index in [0.29, 0.717) is 18.6 Å². The molecule has 1 heterocycles. The highest BCUT2D eigenvalue weighted by Crippen LogP contribution is 2.38. The summed E-state index contributed by atoms with van der Waals surface area (Å²) >= 11 is 0. The molecule has 0 aliphatic carbocycles. The minimum Gasteiger partial charge on any atom is -0.496 e. The molecule has 6 nitrogen and oxygen atoms in total. The first-order valence-corrected chi connectivity index (χ1v) is 20.1. The molecule has 1 saturated heterocycles. The summed E-state index contributed by atoms with van der Waals surface area (Å²) in [5.74, 6) is 3.91. The summed E-state index contributed by atoms with van der Waals surface area (Å²) in [4.78, 5) is 5.23. The van der Waals surface area contributed by atoms with E-state index in [1.165, 1.54) is 50.2 Å². The molecule has 5 aromatic carbocycles. The first kappa shape index (κ1) is 39.7. The van der Waals surface area contributed by atoms with Gasteiger partial charge in [0.15, 0.2) is 11.5 Å². The highest BCUT2D eigenvalue weighted by atomic mass is 16.5. The Morgan fingerprint density at radius 2 is 1.35 bits per heavy atom. The number of ether oxygens (including phenoxy) is 4. The van der Waals surface area contributed by atoms with E-state index in [1.807, 2.05) is 6.92 Å². The van der Waals surface area contributed by atoms with Gasteiger partial charge in [-0.15, -0.1) is 0 Å². The summed E-state index contributed by atoms with van der Waals surface area (Å²) in [5, 5.41) is 0. The van der Waals surface area contributed by atoms with Crippen molar-refractivity contribution in [3.63, 3.8) is 0 Å². The van der Waals surface area contributed by atoms with Gasteiger partial charge in [0, 0.05) is 37.9 Å². The lowest BCUT2D eigenvalue weighted by Crippen LogP contribution is -2.44. The Bertz CT molecular complexity index is 2010. The van der Waals surface area contributed by atoms with Gasteiger partial charge in [0.25, 0.3) is 0 Å². The topological polar surface area (TPSA) is 43.4 Å². The number of benzene rings is 5. The van der Waals surface area contributed by atoms with Crippen LogP contribution >= 0.6 is 0 Å². The van der Waals surface area contributed by atoms with Crippen LogP contribution in [0, 0.1) is 6.92 Å². The van der Waals surface area contributed by atoms with Crippen molar-refractivity contribution in [1.29, 1.82) is 0 Å². The number of rotatable bonds is 16. The predicted molar refractivity (Wildman–Crippen MR) is 228 cm³/mol. The predicted octanol–water partition coefficient (Wildman–Crippen LogP) is 11.5. The largest absolute Gasteiger partial charge is 0.496 e. The van der Waals surface area contributed by atoms with Gasteiger partial charge in [-0.1, -0.05) is 69.7 Å². The molecule has 6 heteroatoms. The maximum Gasteiger partial charge on any atom is 0.163 e. The molecule has 1 fully saturated rings. The third-order valence-electron chi connectivity index (χ3n) is 11.1. The maximum absolute atomic E-state index is 5.82. The van der Waals surface area contributed by atoms with Crippen LogP contribution < -0.4 is 23.8 Å². The zero-order valence-electron chi connectivity index (χ0n) is 34.3. The maximum atomic E-state index is 5.82. The van der Waals surface area contributed by atoms with Crippen molar-refractivity contribution in [3.05, 3.63) is 125 Å². The molecule has 0 atom stereocenters. The Balaban J connectivity index is 1.21. The molecule has 1 aliphatic rings. The number of aryl methyl sites for hydroxylation is 1. The van der Waals surface area contributed by atoms with Crippen LogP contribution in [0.1, 0.15) is 80.7 Å². The Morgan fingerprint density at radius 3 is 1.96 bits per heavy atom. The average Bonchev–Trinajstić information content (AvgIpc) is 3.21. The van der Waals surface area contributed by atoms with E-state index < -0.39 is 0 Å². The smallest absolute Gasteiger partial charge is 0.163 e. The van der Waals surface area contributed by atoms with Crippen LogP contribution in [-0.4, -0.2) is 52.0 Å². The van der Waals surface area contributed by atoms with Gasteiger partial charge in [-0.05, 0) is 144 Å².